The zero-order chi connectivity index (χ0) is 13.9. The van der Waals surface area contributed by atoms with Crippen molar-refractivity contribution in [1.29, 1.82) is 0 Å². The predicted octanol–water partition coefficient (Wildman–Crippen LogP) is 2.84. The third-order valence-electron chi connectivity index (χ3n) is 3.85. The normalized spacial score (nSPS) is 23.5. The van der Waals surface area contributed by atoms with Gasteiger partial charge in [-0.1, -0.05) is 19.3 Å². The topological polar surface area (TPSA) is 70.1 Å². The van der Waals surface area contributed by atoms with Gasteiger partial charge in [-0.2, -0.15) is 4.98 Å². The summed E-state index contributed by atoms with van der Waals surface area (Å²) in [5.41, 5.74) is 0. The zero-order valence-corrected chi connectivity index (χ0v) is 12.4. The first kappa shape index (κ1) is 13.6. The van der Waals surface area contributed by atoms with Crippen molar-refractivity contribution in [2.45, 2.75) is 44.2 Å². The Morgan fingerprint density at radius 1 is 1.25 bits per heavy atom. The molecule has 2 aromatic rings. The molecule has 0 radical (unpaired) electrons. The number of fused-ring (bicyclic) bond motifs is 1. The van der Waals surface area contributed by atoms with Gasteiger partial charge in [-0.3, -0.25) is 0 Å². The molecule has 0 spiro atoms. The molecule has 3 rings (SSSR count). The Bertz CT molecular complexity index is 586. The quantitative estimate of drug-likeness (QED) is 0.759. The van der Waals surface area contributed by atoms with Crippen LogP contribution >= 0.6 is 11.3 Å². The van der Waals surface area contributed by atoms with Crippen LogP contribution in [0.15, 0.2) is 11.4 Å². The Balaban J connectivity index is 1.90. The van der Waals surface area contributed by atoms with E-state index in [2.05, 4.69) is 20.6 Å². The van der Waals surface area contributed by atoms with E-state index in [0.717, 1.165) is 41.7 Å². The molecule has 2 heterocycles. The van der Waals surface area contributed by atoms with Crippen LogP contribution in [0.4, 0.5) is 11.8 Å². The van der Waals surface area contributed by atoms with Gasteiger partial charge in [0.1, 0.15) is 10.6 Å². The summed E-state index contributed by atoms with van der Waals surface area (Å²) in [6.07, 6.45) is 5.04. The van der Waals surface area contributed by atoms with E-state index in [1.54, 1.807) is 11.3 Å². The molecule has 0 saturated heterocycles. The van der Waals surface area contributed by atoms with Gasteiger partial charge in [-0.25, -0.2) is 4.98 Å². The van der Waals surface area contributed by atoms with Crippen LogP contribution < -0.4 is 10.6 Å². The molecule has 2 unspecified atom stereocenters. The van der Waals surface area contributed by atoms with E-state index < -0.39 is 0 Å². The molecule has 2 aromatic heterocycles. The maximum atomic E-state index is 10.2. The number of rotatable bonds is 3. The van der Waals surface area contributed by atoms with Gasteiger partial charge in [0.2, 0.25) is 5.95 Å². The van der Waals surface area contributed by atoms with Crippen LogP contribution in [-0.4, -0.2) is 34.3 Å². The first-order valence-corrected chi connectivity index (χ1v) is 8.03. The molecule has 1 fully saturated rings. The van der Waals surface area contributed by atoms with Crippen LogP contribution in [0.1, 0.15) is 32.1 Å². The van der Waals surface area contributed by atoms with Crippen molar-refractivity contribution in [2.75, 3.05) is 17.7 Å². The van der Waals surface area contributed by atoms with Crippen LogP contribution in [0, 0.1) is 0 Å². The van der Waals surface area contributed by atoms with E-state index in [-0.39, 0.29) is 12.1 Å². The Morgan fingerprint density at radius 2 is 2.10 bits per heavy atom. The average Bonchev–Trinajstić information content (AvgIpc) is 2.84. The molecule has 1 aliphatic rings. The van der Waals surface area contributed by atoms with E-state index >= 15 is 0 Å². The highest BCUT2D eigenvalue weighted by Gasteiger charge is 2.23. The van der Waals surface area contributed by atoms with Crippen LogP contribution in [-0.2, 0) is 0 Å². The minimum absolute atomic E-state index is 0.0835. The number of thiophene rings is 1. The molecule has 108 valence electrons. The minimum Gasteiger partial charge on any atom is -0.391 e. The molecule has 5 nitrogen and oxygen atoms in total. The van der Waals surface area contributed by atoms with Crippen molar-refractivity contribution in [2.24, 2.45) is 0 Å². The zero-order valence-electron chi connectivity index (χ0n) is 11.6. The summed E-state index contributed by atoms with van der Waals surface area (Å²) in [7, 11) is 1.82. The number of aliphatic hydroxyl groups is 1. The van der Waals surface area contributed by atoms with E-state index in [9.17, 15) is 5.11 Å². The van der Waals surface area contributed by atoms with Crippen molar-refractivity contribution in [1.82, 2.24) is 9.97 Å². The number of aromatic nitrogens is 2. The molecular weight excluding hydrogens is 272 g/mol. The van der Waals surface area contributed by atoms with Crippen molar-refractivity contribution in [3.05, 3.63) is 11.4 Å². The van der Waals surface area contributed by atoms with E-state index in [1.807, 2.05) is 18.5 Å². The summed E-state index contributed by atoms with van der Waals surface area (Å²) in [6.45, 7) is 0. The fourth-order valence-corrected chi connectivity index (χ4v) is 3.47. The maximum absolute atomic E-state index is 10.2. The third kappa shape index (κ3) is 2.71. The summed E-state index contributed by atoms with van der Waals surface area (Å²) in [5.74, 6) is 1.44. The molecule has 0 aromatic carbocycles. The summed E-state index contributed by atoms with van der Waals surface area (Å²) in [4.78, 5) is 9.92. The van der Waals surface area contributed by atoms with Gasteiger partial charge in [0.15, 0.2) is 0 Å². The second kappa shape index (κ2) is 5.93. The lowest BCUT2D eigenvalue weighted by Crippen LogP contribution is -2.32. The van der Waals surface area contributed by atoms with Crippen LogP contribution in [0.3, 0.4) is 0 Å². The molecule has 1 aliphatic carbocycles. The predicted molar refractivity (Wildman–Crippen MR) is 83.5 cm³/mol. The summed E-state index contributed by atoms with van der Waals surface area (Å²) in [5, 5.41) is 19.7. The Morgan fingerprint density at radius 3 is 2.95 bits per heavy atom. The first-order valence-electron chi connectivity index (χ1n) is 7.15. The van der Waals surface area contributed by atoms with Crippen LogP contribution in [0.25, 0.3) is 10.2 Å². The van der Waals surface area contributed by atoms with Gasteiger partial charge in [-0.05, 0) is 24.3 Å². The lowest BCUT2D eigenvalue weighted by atomic mass is 10.1. The highest BCUT2D eigenvalue weighted by atomic mass is 32.1. The van der Waals surface area contributed by atoms with E-state index in [0.29, 0.717) is 5.95 Å². The number of nitrogens with zero attached hydrogens (tertiary/aromatic N) is 2. The van der Waals surface area contributed by atoms with E-state index in [4.69, 9.17) is 0 Å². The monoisotopic (exact) mass is 292 g/mol. The molecule has 2 atom stereocenters. The van der Waals surface area contributed by atoms with Gasteiger partial charge in [0.05, 0.1) is 17.5 Å². The van der Waals surface area contributed by atoms with Gasteiger partial charge in [0.25, 0.3) is 0 Å². The van der Waals surface area contributed by atoms with Crippen LogP contribution in [0.2, 0.25) is 0 Å². The average molecular weight is 292 g/mol. The number of hydrogen-bond acceptors (Lipinski definition) is 6. The summed E-state index contributed by atoms with van der Waals surface area (Å²) < 4.78 is 0. The third-order valence-corrected chi connectivity index (χ3v) is 4.66. The lowest BCUT2D eigenvalue weighted by molar-refractivity contribution is 0.144. The second-order valence-corrected chi connectivity index (χ2v) is 6.14. The largest absolute Gasteiger partial charge is 0.391 e. The first-order chi connectivity index (χ1) is 9.78. The summed E-state index contributed by atoms with van der Waals surface area (Å²) in [6, 6.07) is 2.12. The minimum atomic E-state index is -0.292. The highest BCUT2D eigenvalue weighted by Crippen LogP contribution is 2.29. The molecule has 0 amide bonds. The highest BCUT2D eigenvalue weighted by molar-refractivity contribution is 7.16. The Hall–Kier alpha value is -1.40. The van der Waals surface area contributed by atoms with Crippen molar-refractivity contribution < 1.29 is 5.11 Å². The van der Waals surface area contributed by atoms with Gasteiger partial charge in [-0.15, -0.1) is 11.3 Å². The SMILES string of the molecule is CNc1nc(NC2CCCCCC2O)c2ccsc2n1. The van der Waals surface area contributed by atoms with Crippen LogP contribution in [0.5, 0.6) is 0 Å². The number of nitrogens with one attached hydrogen (secondary N) is 2. The van der Waals surface area contributed by atoms with Crippen molar-refractivity contribution in [3.63, 3.8) is 0 Å². The van der Waals surface area contributed by atoms with Gasteiger partial charge >= 0.3 is 0 Å². The molecule has 0 bridgehead atoms. The molecule has 6 heteroatoms. The standard InChI is InChI=1S/C14H20N4OS/c1-15-14-17-12(9-7-8-20-13(9)18-14)16-10-5-3-2-4-6-11(10)19/h7-8,10-11,19H,2-6H2,1H3,(H2,15,16,17,18). The van der Waals surface area contributed by atoms with Crippen molar-refractivity contribution in [3.8, 4) is 0 Å². The fraction of sp³-hybridized carbons (Fsp3) is 0.571. The number of hydrogen-bond donors (Lipinski definition) is 3. The maximum Gasteiger partial charge on any atom is 0.225 e. The summed E-state index contributed by atoms with van der Waals surface area (Å²) >= 11 is 1.60. The second-order valence-electron chi connectivity index (χ2n) is 5.24. The molecular formula is C14H20N4OS. The molecule has 0 aliphatic heterocycles. The number of aliphatic hydroxyl groups excluding tert-OH is 1. The Kier molecular flexibility index (Phi) is 4.03. The molecule has 3 N–H and O–H groups in total. The lowest BCUT2D eigenvalue weighted by Gasteiger charge is -2.22. The van der Waals surface area contributed by atoms with E-state index in [1.165, 1.54) is 6.42 Å². The van der Waals surface area contributed by atoms with Gasteiger partial charge < -0.3 is 15.7 Å². The molecule has 1 saturated carbocycles. The molecule has 20 heavy (non-hydrogen) atoms. The Labute approximate surface area is 122 Å². The smallest absolute Gasteiger partial charge is 0.225 e. The van der Waals surface area contributed by atoms with Gasteiger partial charge in [0, 0.05) is 7.05 Å². The van der Waals surface area contributed by atoms with Crippen molar-refractivity contribution >= 4 is 33.3 Å². The number of anilines is 2. The fourth-order valence-electron chi connectivity index (χ4n) is 2.71.